The first-order chi connectivity index (χ1) is 6.90. The van der Waals surface area contributed by atoms with Crippen LogP contribution in [-0.2, 0) is 9.59 Å². The number of hydrogen-bond acceptors (Lipinski definition) is 2. The van der Waals surface area contributed by atoms with Crippen LogP contribution in [-0.4, -0.2) is 23.0 Å². The standard InChI is InChI=1S/C11H21NO3/c1-5-6-7(2)12-10(13)8(3)9(4)11(14)15/h7-9H,5-6H2,1-4H3,(H,12,13)(H,14,15). The van der Waals surface area contributed by atoms with E-state index in [1.807, 2.05) is 13.8 Å². The van der Waals surface area contributed by atoms with Gasteiger partial charge < -0.3 is 10.4 Å². The van der Waals surface area contributed by atoms with Crippen LogP contribution in [0.25, 0.3) is 0 Å². The summed E-state index contributed by atoms with van der Waals surface area (Å²) < 4.78 is 0. The van der Waals surface area contributed by atoms with Gasteiger partial charge >= 0.3 is 5.97 Å². The lowest BCUT2D eigenvalue weighted by Gasteiger charge is -2.19. The first kappa shape index (κ1) is 13.9. The van der Waals surface area contributed by atoms with E-state index in [-0.39, 0.29) is 11.9 Å². The van der Waals surface area contributed by atoms with Gasteiger partial charge in [0.25, 0.3) is 0 Å². The lowest BCUT2D eigenvalue weighted by Crippen LogP contribution is -2.39. The minimum atomic E-state index is -0.930. The molecule has 0 aromatic heterocycles. The lowest BCUT2D eigenvalue weighted by atomic mass is 9.95. The zero-order chi connectivity index (χ0) is 12.0. The van der Waals surface area contributed by atoms with Crippen LogP contribution >= 0.6 is 0 Å². The van der Waals surface area contributed by atoms with E-state index < -0.39 is 17.8 Å². The van der Waals surface area contributed by atoms with Crippen molar-refractivity contribution in [1.29, 1.82) is 0 Å². The molecule has 0 spiro atoms. The van der Waals surface area contributed by atoms with E-state index in [1.54, 1.807) is 13.8 Å². The summed E-state index contributed by atoms with van der Waals surface area (Å²) in [5.74, 6) is -2.23. The predicted octanol–water partition coefficient (Wildman–Crippen LogP) is 1.65. The van der Waals surface area contributed by atoms with Crippen molar-refractivity contribution in [2.45, 2.75) is 46.6 Å². The fraction of sp³-hybridized carbons (Fsp3) is 0.818. The summed E-state index contributed by atoms with van der Waals surface area (Å²) in [5, 5.41) is 11.6. The van der Waals surface area contributed by atoms with Gasteiger partial charge in [0.15, 0.2) is 0 Å². The molecule has 0 aromatic rings. The van der Waals surface area contributed by atoms with E-state index in [0.717, 1.165) is 12.8 Å². The highest BCUT2D eigenvalue weighted by Crippen LogP contribution is 2.11. The normalized spacial score (nSPS) is 16.5. The second-order valence-electron chi connectivity index (χ2n) is 4.11. The van der Waals surface area contributed by atoms with Crippen LogP contribution in [0.1, 0.15) is 40.5 Å². The highest BCUT2D eigenvalue weighted by molar-refractivity contribution is 5.84. The molecule has 0 rings (SSSR count). The Morgan fingerprint density at radius 2 is 1.73 bits per heavy atom. The molecule has 3 unspecified atom stereocenters. The molecule has 0 fully saturated rings. The number of nitrogens with one attached hydrogen (secondary N) is 1. The molecular weight excluding hydrogens is 194 g/mol. The Morgan fingerprint density at radius 1 is 1.20 bits per heavy atom. The first-order valence-corrected chi connectivity index (χ1v) is 5.43. The van der Waals surface area contributed by atoms with Crippen LogP contribution in [0.4, 0.5) is 0 Å². The van der Waals surface area contributed by atoms with Gasteiger partial charge in [0.2, 0.25) is 5.91 Å². The molecule has 88 valence electrons. The van der Waals surface area contributed by atoms with E-state index in [2.05, 4.69) is 5.32 Å². The molecule has 1 amide bonds. The van der Waals surface area contributed by atoms with Crippen LogP contribution < -0.4 is 5.32 Å². The third-order valence-electron chi connectivity index (χ3n) is 2.66. The van der Waals surface area contributed by atoms with Crippen molar-refractivity contribution in [2.24, 2.45) is 11.8 Å². The van der Waals surface area contributed by atoms with Crippen molar-refractivity contribution < 1.29 is 14.7 Å². The number of carbonyl (C=O) groups is 2. The molecule has 0 aliphatic rings. The minimum Gasteiger partial charge on any atom is -0.481 e. The molecule has 0 aliphatic heterocycles. The number of rotatable bonds is 6. The molecule has 3 atom stereocenters. The Balaban J connectivity index is 4.15. The lowest BCUT2D eigenvalue weighted by molar-refractivity contribution is -0.146. The van der Waals surface area contributed by atoms with Crippen LogP contribution in [0, 0.1) is 11.8 Å². The van der Waals surface area contributed by atoms with E-state index in [0.29, 0.717) is 0 Å². The van der Waals surface area contributed by atoms with Gasteiger partial charge in [-0.15, -0.1) is 0 Å². The maximum atomic E-state index is 11.6. The molecule has 4 nitrogen and oxygen atoms in total. The second-order valence-corrected chi connectivity index (χ2v) is 4.11. The number of carboxylic acid groups (broad SMARTS) is 1. The number of hydrogen-bond donors (Lipinski definition) is 2. The van der Waals surface area contributed by atoms with Gasteiger partial charge in [-0.05, 0) is 13.3 Å². The van der Waals surface area contributed by atoms with Gasteiger partial charge in [-0.25, -0.2) is 0 Å². The van der Waals surface area contributed by atoms with Crippen molar-refractivity contribution in [3.8, 4) is 0 Å². The average molecular weight is 215 g/mol. The third-order valence-corrected chi connectivity index (χ3v) is 2.66. The molecule has 0 radical (unpaired) electrons. The maximum Gasteiger partial charge on any atom is 0.307 e. The Morgan fingerprint density at radius 3 is 2.13 bits per heavy atom. The Bertz CT molecular complexity index is 228. The largest absolute Gasteiger partial charge is 0.481 e. The first-order valence-electron chi connectivity index (χ1n) is 5.43. The smallest absolute Gasteiger partial charge is 0.307 e. The van der Waals surface area contributed by atoms with Gasteiger partial charge in [-0.1, -0.05) is 27.2 Å². The van der Waals surface area contributed by atoms with E-state index >= 15 is 0 Å². The summed E-state index contributed by atoms with van der Waals surface area (Å²) in [7, 11) is 0. The second kappa shape index (κ2) is 6.43. The van der Waals surface area contributed by atoms with Crippen LogP contribution in [0.2, 0.25) is 0 Å². The van der Waals surface area contributed by atoms with Gasteiger partial charge in [0.05, 0.1) is 5.92 Å². The summed E-state index contributed by atoms with van der Waals surface area (Å²) in [6.45, 7) is 7.18. The minimum absolute atomic E-state index is 0.117. The fourth-order valence-corrected chi connectivity index (χ4v) is 1.32. The van der Waals surface area contributed by atoms with Crippen molar-refractivity contribution in [3.63, 3.8) is 0 Å². The fourth-order valence-electron chi connectivity index (χ4n) is 1.32. The van der Waals surface area contributed by atoms with Crippen molar-refractivity contribution in [2.75, 3.05) is 0 Å². The highest BCUT2D eigenvalue weighted by atomic mass is 16.4. The summed E-state index contributed by atoms with van der Waals surface area (Å²) in [5.41, 5.74) is 0. The molecular formula is C11H21NO3. The van der Waals surface area contributed by atoms with E-state index in [4.69, 9.17) is 5.11 Å². The van der Waals surface area contributed by atoms with Gasteiger partial charge in [-0.3, -0.25) is 9.59 Å². The van der Waals surface area contributed by atoms with Crippen molar-refractivity contribution >= 4 is 11.9 Å². The monoisotopic (exact) mass is 215 g/mol. The summed E-state index contributed by atoms with van der Waals surface area (Å²) in [6, 6.07) is 0.117. The topological polar surface area (TPSA) is 66.4 Å². The molecule has 15 heavy (non-hydrogen) atoms. The predicted molar refractivity (Wildman–Crippen MR) is 58.5 cm³/mol. The summed E-state index contributed by atoms with van der Waals surface area (Å²) in [6.07, 6.45) is 1.92. The average Bonchev–Trinajstić information content (AvgIpc) is 2.15. The SMILES string of the molecule is CCCC(C)NC(=O)C(C)C(C)C(=O)O. The highest BCUT2D eigenvalue weighted by Gasteiger charge is 2.26. The van der Waals surface area contributed by atoms with Gasteiger partial charge in [0, 0.05) is 12.0 Å². The van der Waals surface area contributed by atoms with Crippen LogP contribution in [0.5, 0.6) is 0 Å². The number of carboxylic acids is 1. The molecule has 0 aliphatic carbocycles. The van der Waals surface area contributed by atoms with E-state index in [9.17, 15) is 9.59 Å². The molecule has 4 heteroatoms. The van der Waals surface area contributed by atoms with Gasteiger partial charge in [-0.2, -0.15) is 0 Å². The van der Waals surface area contributed by atoms with Crippen LogP contribution in [0.15, 0.2) is 0 Å². The molecule has 0 saturated heterocycles. The molecule has 0 bridgehead atoms. The number of amides is 1. The number of carbonyl (C=O) groups excluding carboxylic acids is 1. The molecule has 0 heterocycles. The molecule has 2 N–H and O–H groups in total. The quantitative estimate of drug-likeness (QED) is 0.708. The Labute approximate surface area is 91.1 Å². The summed E-state index contributed by atoms with van der Waals surface area (Å²) >= 11 is 0. The van der Waals surface area contributed by atoms with E-state index in [1.165, 1.54) is 0 Å². The Kier molecular flexibility index (Phi) is 5.97. The maximum absolute atomic E-state index is 11.6. The molecule has 0 aromatic carbocycles. The van der Waals surface area contributed by atoms with Gasteiger partial charge in [0.1, 0.15) is 0 Å². The van der Waals surface area contributed by atoms with Crippen molar-refractivity contribution in [1.82, 2.24) is 5.32 Å². The number of aliphatic carboxylic acids is 1. The molecule has 0 saturated carbocycles. The zero-order valence-corrected chi connectivity index (χ0v) is 9.91. The third kappa shape index (κ3) is 4.81. The van der Waals surface area contributed by atoms with Crippen LogP contribution in [0.3, 0.4) is 0 Å². The van der Waals surface area contributed by atoms with Crippen molar-refractivity contribution in [3.05, 3.63) is 0 Å². The zero-order valence-electron chi connectivity index (χ0n) is 9.91. The summed E-state index contributed by atoms with van der Waals surface area (Å²) in [4.78, 5) is 22.3. The Hall–Kier alpha value is -1.06.